The van der Waals surface area contributed by atoms with Crippen LogP contribution in [0.1, 0.15) is 11.1 Å². The van der Waals surface area contributed by atoms with E-state index in [0.717, 1.165) is 16.5 Å². The van der Waals surface area contributed by atoms with Gasteiger partial charge in [-0.15, -0.1) is 0 Å². The van der Waals surface area contributed by atoms with E-state index in [1.54, 1.807) is 18.5 Å². The standard InChI is InChI=1S/C10H6ClN3/c1-6-7(4-12)10(11)14-9-2-3-13-5-8(6)9/h2-3,5H,1H3. The molecule has 0 radical (unpaired) electrons. The maximum Gasteiger partial charge on any atom is 0.147 e. The third-order valence-corrected chi connectivity index (χ3v) is 2.39. The molecule has 0 aliphatic carbocycles. The van der Waals surface area contributed by atoms with Crippen LogP contribution in [0.4, 0.5) is 0 Å². The van der Waals surface area contributed by atoms with E-state index in [2.05, 4.69) is 9.97 Å². The highest BCUT2D eigenvalue weighted by Crippen LogP contribution is 2.23. The van der Waals surface area contributed by atoms with Gasteiger partial charge in [-0.2, -0.15) is 5.26 Å². The number of hydrogen-bond acceptors (Lipinski definition) is 3. The van der Waals surface area contributed by atoms with Crippen LogP contribution in [-0.4, -0.2) is 9.97 Å². The number of nitrogens with zero attached hydrogens (tertiary/aromatic N) is 3. The Kier molecular flexibility index (Phi) is 2.06. The van der Waals surface area contributed by atoms with Gasteiger partial charge in [-0.1, -0.05) is 11.6 Å². The summed E-state index contributed by atoms with van der Waals surface area (Å²) in [6, 6.07) is 3.81. The van der Waals surface area contributed by atoms with Crippen molar-refractivity contribution in [1.82, 2.24) is 9.97 Å². The lowest BCUT2D eigenvalue weighted by Crippen LogP contribution is -1.91. The zero-order valence-electron chi connectivity index (χ0n) is 7.45. The summed E-state index contributed by atoms with van der Waals surface area (Å²) in [4.78, 5) is 8.10. The molecule has 0 saturated carbocycles. The summed E-state index contributed by atoms with van der Waals surface area (Å²) in [5.74, 6) is 0. The highest BCUT2D eigenvalue weighted by Gasteiger charge is 2.09. The van der Waals surface area contributed by atoms with Crippen molar-refractivity contribution in [3.8, 4) is 6.07 Å². The minimum Gasteiger partial charge on any atom is -0.264 e. The van der Waals surface area contributed by atoms with Crippen molar-refractivity contribution in [2.24, 2.45) is 0 Å². The van der Waals surface area contributed by atoms with Crippen LogP contribution in [0, 0.1) is 18.3 Å². The van der Waals surface area contributed by atoms with Crippen LogP contribution in [0.2, 0.25) is 5.15 Å². The number of halogens is 1. The Morgan fingerprint density at radius 1 is 1.50 bits per heavy atom. The van der Waals surface area contributed by atoms with Crippen LogP contribution in [0.5, 0.6) is 0 Å². The molecule has 0 aromatic carbocycles. The Bertz CT molecular complexity index is 543. The number of fused-ring (bicyclic) bond motifs is 1. The second-order valence-electron chi connectivity index (χ2n) is 2.91. The molecule has 0 aliphatic heterocycles. The second-order valence-corrected chi connectivity index (χ2v) is 3.27. The predicted molar refractivity (Wildman–Crippen MR) is 54.0 cm³/mol. The summed E-state index contributed by atoms with van der Waals surface area (Å²) in [5, 5.41) is 9.99. The molecule has 0 unspecified atom stereocenters. The lowest BCUT2D eigenvalue weighted by atomic mass is 10.1. The number of pyridine rings is 2. The fraction of sp³-hybridized carbons (Fsp3) is 0.100. The SMILES string of the molecule is Cc1c(C#N)c(Cl)nc2ccncc12. The summed E-state index contributed by atoms with van der Waals surface area (Å²) in [7, 11) is 0. The average Bonchev–Trinajstić information content (AvgIpc) is 2.18. The summed E-state index contributed by atoms with van der Waals surface area (Å²) < 4.78 is 0. The Morgan fingerprint density at radius 2 is 2.29 bits per heavy atom. The fourth-order valence-corrected chi connectivity index (χ4v) is 1.63. The van der Waals surface area contributed by atoms with Crippen LogP contribution in [0.25, 0.3) is 10.9 Å². The van der Waals surface area contributed by atoms with E-state index >= 15 is 0 Å². The van der Waals surface area contributed by atoms with Gasteiger partial charge in [0.15, 0.2) is 0 Å². The maximum absolute atomic E-state index is 8.86. The van der Waals surface area contributed by atoms with Gasteiger partial charge in [0.05, 0.1) is 11.1 Å². The van der Waals surface area contributed by atoms with Crippen molar-refractivity contribution < 1.29 is 0 Å². The van der Waals surface area contributed by atoms with Gasteiger partial charge >= 0.3 is 0 Å². The molecule has 0 amide bonds. The Balaban J connectivity index is 2.95. The van der Waals surface area contributed by atoms with Crippen LogP contribution >= 0.6 is 11.6 Å². The minimum atomic E-state index is 0.253. The van der Waals surface area contributed by atoms with Crippen LogP contribution in [-0.2, 0) is 0 Å². The number of hydrogen-bond donors (Lipinski definition) is 0. The van der Waals surface area contributed by atoms with Gasteiger partial charge in [-0.3, -0.25) is 4.98 Å². The van der Waals surface area contributed by atoms with Gasteiger partial charge < -0.3 is 0 Å². The van der Waals surface area contributed by atoms with Gasteiger partial charge in [-0.05, 0) is 18.6 Å². The molecule has 3 nitrogen and oxygen atoms in total. The molecule has 2 aromatic rings. The molecule has 0 saturated heterocycles. The zero-order chi connectivity index (χ0) is 10.1. The first-order valence-electron chi connectivity index (χ1n) is 4.04. The Morgan fingerprint density at radius 3 is 3.00 bits per heavy atom. The molecular weight excluding hydrogens is 198 g/mol. The van der Waals surface area contributed by atoms with Crippen molar-refractivity contribution >= 4 is 22.5 Å². The molecular formula is C10H6ClN3. The van der Waals surface area contributed by atoms with Gasteiger partial charge in [0.1, 0.15) is 11.2 Å². The molecule has 2 heterocycles. The highest BCUT2D eigenvalue weighted by atomic mass is 35.5. The van der Waals surface area contributed by atoms with Crippen molar-refractivity contribution in [1.29, 1.82) is 5.26 Å². The number of aryl methyl sites for hydroxylation is 1. The monoisotopic (exact) mass is 203 g/mol. The molecule has 2 rings (SSSR count). The third-order valence-electron chi connectivity index (χ3n) is 2.11. The summed E-state index contributed by atoms with van der Waals surface area (Å²) in [5.41, 5.74) is 2.02. The van der Waals surface area contributed by atoms with Crippen LogP contribution in [0.3, 0.4) is 0 Å². The quantitative estimate of drug-likeness (QED) is 0.618. The lowest BCUT2D eigenvalue weighted by molar-refractivity contribution is 1.28. The first-order chi connectivity index (χ1) is 6.74. The summed E-state index contributed by atoms with van der Waals surface area (Å²) in [6.07, 6.45) is 3.34. The van der Waals surface area contributed by atoms with Gasteiger partial charge in [0, 0.05) is 17.8 Å². The molecule has 2 aromatic heterocycles. The number of aromatic nitrogens is 2. The Labute approximate surface area is 86.0 Å². The van der Waals surface area contributed by atoms with E-state index in [9.17, 15) is 0 Å². The summed E-state index contributed by atoms with van der Waals surface area (Å²) >= 11 is 5.85. The first kappa shape index (κ1) is 8.92. The molecule has 4 heteroatoms. The van der Waals surface area contributed by atoms with Crippen molar-refractivity contribution in [2.75, 3.05) is 0 Å². The smallest absolute Gasteiger partial charge is 0.147 e. The van der Waals surface area contributed by atoms with E-state index in [1.807, 2.05) is 13.0 Å². The van der Waals surface area contributed by atoms with Crippen molar-refractivity contribution in [3.05, 3.63) is 34.7 Å². The van der Waals surface area contributed by atoms with Crippen molar-refractivity contribution in [2.45, 2.75) is 6.92 Å². The highest BCUT2D eigenvalue weighted by molar-refractivity contribution is 6.31. The molecule has 68 valence electrons. The van der Waals surface area contributed by atoms with Gasteiger partial charge in [-0.25, -0.2) is 4.98 Å². The molecule has 0 spiro atoms. The van der Waals surface area contributed by atoms with E-state index in [1.165, 1.54) is 0 Å². The number of nitriles is 1. The van der Waals surface area contributed by atoms with E-state index < -0.39 is 0 Å². The van der Waals surface area contributed by atoms with Crippen LogP contribution < -0.4 is 0 Å². The van der Waals surface area contributed by atoms with E-state index in [0.29, 0.717) is 5.56 Å². The topological polar surface area (TPSA) is 49.6 Å². The normalized spacial score (nSPS) is 10.1. The molecule has 0 atom stereocenters. The van der Waals surface area contributed by atoms with Crippen LogP contribution in [0.15, 0.2) is 18.5 Å². The lowest BCUT2D eigenvalue weighted by Gasteiger charge is -2.03. The molecule has 0 N–H and O–H groups in total. The van der Waals surface area contributed by atoms with E-state index in [-0.39, 0.29) is 5.15 Å². The zero-order valence-corrected chi connectivity index (χ0v) is 8.21. The van der Waals surface area contributed by atoms with Crippen molar-refractivity contribution in [3.63, 3.8) is 0 Å². The fourth-order valence-electron chi connectivity index (χ4n) is 1.35. The minimum absolute atomic E-state index is 0.253. The average molecular weight is 204 g/mol. The second kappa shape index (κ2) is 3.24. The summed E-state index contributed by atoms with van der Waals surface area (Å²) in [6.45, 7) is 1.84. The van der Waals surface area contributed by atoms with Gasteiger partial charge in [0.25, 0.3) is 0 Å². The Hall–Kier alpha value is -1.66. The maximum atomic E-state index is 8.86. The van der Waals surface area contributed by atoms with Gasteiger partial charge in [0.2, 0.25) is 0 Å². The van der Waals surface area contributed by atoms with E-state index in [4.69, 9.17) is 16.9 Å². The molecule has 0 bridgehead atoms. The molecule has 0 aliphatic rings. The third kappa shape index (κ3) is 1.21. The molecule has 14 heavy (non-hydrogen) atoms. The largest absolute Gasteiger partial charge is 0.264 e. The number of rotatable bonds is 0. The first-order valence-corrected chi connectivity index (χ1v) is 4.41. The molecule has 0 fully saturated rings. The predicted octanol–water partition coefficient (Wildman–Crippen LogP) is 2.46.